The van der Waals surface area contributed by atoms with Crippen LogP contribution in [0.4, 0.5) is 17.1 Å². The fourth-order valence-electron chi connectivity index (χ4n) is 4.09. The quantitative estimate of drug-likeness (QED) is 0.350. The van der Waals surface area contributed by atoms with Gasteiger partial charge in [0.15, 0.2) is 0 Å². The number of para-hydroxylation sites is 1. The molecule has 4 rings (SSSR count). The minimum Gasteiger partial charge on any atom is -0.390 e. The van der Waals surface area contributed by atoms with E-state index in [0.717, 1.165) is 45.4 Å². The number of rotatable bonds is 5. The van der Waals surface area contributed by atoms with E-state index in [0.29, 0.717) is 12.5 Å². The minimum absolute atomic E-state index is 0.551. The number of anilines is 3. The molecule has 6 nitrogen and oxygen atoms in total. The Morgan fingerprint density at radius 2 is 1.90 bits per heavy atom. The number of nitrogens with zero attached hydrogens (tertiary/aromatic N) is 1. The highest BCUT2D eigenvalue weighted by atomic mass is 16.5. The van der Waals surface area contributed by atoms with Crippen LogP contribution < -0.4 is 16.4 Å². The zero-order valence-electron chi connectivity index (χ0n) is 16.9. The van der Waals surface area contributed by atoms with Gasteiger partial charge in [0.05, 0.1) is 12.9 Å². The number of ether oxygens (including phenoxy) is 1. The second-order valence-electron chi connectivity index (χ2n) is 7.25. The molecule has 0 unspecified atom stereocenters. The lowest BCUT2D eigenvalue weighted by molar-refractivity contribution is 0.0854. The monoisotopic (exact) mass is 393 g/mol. The molecule has 0 bridgehead atoms. The van der Waals surface area contributed by atoms with Crippen LogP contribution >= 0.6 is 0 Å². The fraction of sp³-hybridized carbons (Fsp3) is 0.391. The Morgan fingerprint density at radius 1 is 1.14 bits per heavy atom. The average molecular weight is 394 g/mol. The van der Waals surface area contributed by atoms with Crippen LogP contribution in [-0.2, 0) is 17.6 Å². The summed E-state index contributed by atoms with van der Waals surface area (Å²) in [7, 11) is 0. The Bertz CT molecular complexity index is 830. The van der Waals surface area contributed by atoms with Crippen molar-refractivity contribution in [2.45, 2.75) is 31.6 Å². The molecule has 1 fully saturated rings. The lowest BCUT2D eigenvalue weighted by Crippen LogP contribution is -2.17. The molecule has 154 valence electrons. The normalized spacial score (nSPS) is 16.0. The predicted molar refractivity (Wildman–Crippen MR) is 122 cm³/mol. The zero-order valence-corrected chi connectivity index (χ0v) is 16.9. The molecule has 0 spiro atoms. The van der Waals surface area contributed by atoms with Crippen molar-refractivity contribution >= 4 is 30.1 Å². The van der Waals surface area contributed by atoms with Gasteiger partial charge in [0.25, 0.3) is 0 Å². The van der Waals surface area contributed by atoms with E-state index < -0.39 is 0 Å². The summed E-state index contributed by atoms with van der Waals surface area (Å²) in [5.41, 5.74) is 13.2. The third kappa shape index (κ3) is 5.15. The number of aliphatic imine (C=N–C) groups is 1. The highest BCUT2D eigenvalue weighted by molar-refractivity contribution is 5.74. The molecule has 0 amide bonds. The van der Waals surface area contributed by atoms with Crippen molar-refractivity contribution in [2.75, 3.05) is 36.9 Å². The van der Waals surface area contributed by atoms with E-state index in [4.69, 9.17) is 15.9 Å². The van der Waals surface area contributed by atoms with E-state index in [1.54, 1.807) is 0 Å². The zero-order chi connectivity index (χ0) is 20.5. The molecular formula is C23H31N5O. The predicted octanol–water partition coefficient (Wildman–Crippen LogP) is 4.09. The first kappa shape index (κ1) is 20.9. The van der Waals surface area contributed by atoms with Crippen molar-refractivity contribution in [2.24, 2.45) is 10.7 Å². The van der Waals surface area contributed by atoms with E-state index in [1.807, 2.05) is 0 Å². The van der Waals surface area contributed by atoms with Gasteiger partial charge in [-0.05, 0) is 67.1 Å². The summed E-state index contributed by atoms with van der Waals surface area (Å²) >= 11 is 0. The Balaban J connectivity index is 0.00000117. The van der Waals surface area contributed by atoms with E-state index in [9.17, 15) is 0 Å². The van der Waals surface area contributed by atoms with Gasteiger partial charge in [-0.25, -0.2) is 0 Å². The molecule has 2 aliphatic heterocycles. The summed E-state index contributed by atoms with van der Waals surface area (Å²) in [6.45, 7) is 5.65. The molecule has 0 saturated carbocycles. The Hall–Kier alpha value is -2.86. The van der Waals surface area contributed by atoms with Gasteiger partial charge < -0.3 is 26.5 Å². The standard InChI is InChI=1S/C22H28N4O.CH3N/c23-15-24-9-10-25-22-14-21-18(13-19(22)16-7-11-27-12-8-16)6-5-17-3-1-2-4-20(17)26-21;1-2/h1-4,13-16,25-26H,5-12H2,(H2,23,24);2H,1H2. The Morgan fingerprint density at radius 3 is 2.69 bits per heavy atom. The third-order valence-electron chi connectivity index (χ3n) is 5.55. The summed E-state index contributed by atoms with van der Waals surface area (Å²) < 4.78 is 5.58. The number of fused-ring (bicyclic) bond motifs is 2. The maximum absolute atomic E-state index is 5.58. The van der Waals surface area contributed by atoms with Crippen LogP contribution in [0.25, 0.3) is 0 Å². The molecule has 6 heteroatoms. The first-order chi connectivity index (χ1) is 14.3. The average Bonchev–Trinajstić information content (AvgIpc) is 2.97. The molecule has 5 N–H and O–H groups in total. The summed E-state index contributed by atoms with van der Waals surface area (Å²) in [5, 5.41) is 12.8. The second kappa shape index (κ2) is 10.6. The van der Waals surface area contributed by atoms with Crippen LogP contribution in [0.3, 0.4) is 0 Å². The Kier molecular flexibility index (Phi) is 7.64. The van der Waals surface area contributed by atoms with Gasteiger partial charge in [0.2, 0.25) is 0 Å². The molecule has 2 heterocycles. The Labute approximate surface area is 173 Å². The topological polar surface area (TPSA) is 95.5 Å². The van der Waals surface area contributed by atoms with E-state index in [2.05, 4.69) is 58.7 Å². The van der Waals surface area contributed by atoms with Crippen LogP contribution in [0, 0.1) is 5.41 Å². The van der Waals surface area contributed by atoms with Gasteiger partial charge >= 0.3 is 0 Å². The molecule has 2 aromatic rings. The third-order valence-corrected chi connectivity index (χ3v) is 5.55. The lowest BCUT2D eigenvalue weighted by atomic mass is 9.88. The van der Waals surface area contributed by atoms with Gasteiger partial charge in [0, 0.05) is 36.8 Å². The van der Waals surface area contributed by atoms with Gasteiger partial charge in [-0.3, -0.25) is 4.99 Å². The highest BCUT2D eigenvalue weighted by Crippen LogP contribution is 2.39. The molecule has 29 heavy (non-hydrogen) atoms. The van der Waals surface area contributed by atoms with Crippen molar-refractivity contribution < 1.29 is 4.74 Å². The molecular weight excluding hydrogens is 362 g/mol. The minimum atomic E-state index is 0.551. The number of nitrogens with one attached hydrogen (secondary N) is 3. The van der Waals surface area contributed by atoms with Crippen molar-refractivity contribution in [1.82, 2.24) is 0 Å². The molecule has 1 saturated heterocycles. The van der Waals surface area contributed by atoms with Gasteiger partial charge in [0.1, 0.15) is 0 Å². The van der Waals surface area contributed by atoms with Gasteiger partial charge in [-0.1, -0.05) is 24.3 Å². The first-order valence-corrected chi connectivity index (χ1v) is 10.2. The van der Waals surface area contributed by atoms with Crippen LogP contribution in [0.1, 0.15) is 35.4 Å². The van der Waals surface area contributed by atoms with Crippen LogP contribution in [0.5, 0.6) is 0 Å². The van der Waals surface area contributed by atoms with Crippen LogP contribution in [0.2, 0.25) is 0 Å². The van der Waals surface area contributed by atoms with Crippen molar-refractivity contribution in [3.05, 3.63) is 53.1 Å². The molecule has 0 radical (unpaired) electrons. The maximum atomic E-state index is 5.58. The molecule has 2 aliphatic rings. The van der Waals surface area contributed by atoms with E-state index in [1.165, 1.54) is 40.1 Å². The van der Waals surface area contributed by atoms with Gasteiger partial charge in [-0.2, -0.15) is 0 Å². The number of benzene rings is 2. The van der Waals surface area contributed by atoms with Gasteiger partial charge in [-0.15, -0.1) is 0 Å². The molecule has 0 aliphatic carbocycles. The SMILES string of the molecule is C=N.NC=NCCNc1cc2c(cc1C1CCOCC1)CCc1ccccc1N2. The number of nitrogens with two attached hydrogens (primary N) is 1. The second-order valence-corrected chi connectivity index (χ2v) is 7.25. The first-order valence-electron chi connectivity index (χ1n) is 10.2. The largest absolute Gasteiger partial charge is 0.390 e. The van der Waals surface area contributed by atoms with Crippen LogP contribution in [0.15, 0.2) is 41.4 Å². The van der Waals surface area contributed by atoms with Crippen LogP contribution in [-0.4, -0.2) is 39.4 Å². The van der Waals surface area contributed by atoms with Crippen molar-refractivity contribution in [3.8, 4) is 0 Å². The molecule has 0 atom stereocenters. The van der Waals surface area contributed by atoms with Crippen molar-refractivity contribution in [1.29, 1.82) is 5.41 Å². The highest BCUT2D eigenvalue weighted by Gasteiger charge is 2.22. The van der Waals surface area contributed by atoms with E-state index in [-0.39, 0.29) is 0 Å². The summed E-state index contributed by atoms with van der Waals surface area (Å²) in [6, 6.07) is 13.3. The molecule has 2 aromatic carbocycles. The maximum Gasteiger partial charge on any atom is 0.0798 e. The number of hydrogen-bond donors (Lipinski definition) is 4. The number of hydrogen-bond acceptors (Lipinski definition) is 5. The lowest BCUT2D eigenvalue weighted by Gasteiger charge is -2.26. The summed E-state index contributed by atoms with van der Waals surface area (Å²) in [6.07, 6.45) is 5.68. The molecule has 0 aromatic heterocycles. The smallest absolute Gasteiger partial charge is 0.0798 e. The van der Waals surface area contributed by atoms with E-state index >= 15 is 0 Å². The number of aryl methyl sites for hydroxylation is 2. The fourth-order valence-corrected chi connectivity index (χ4v) is 4.09. The summed E-state index contributed by atoms with van der Waals surface area (Å²) in [4.78, 5) is 4.12. The summed E-state index contributed by atoms with van der Waals surface area (Å²) in [5.74, 6) is 0.551. The van der Waals surface area contributed by atoms with Crippen molar-refractivity contribution in [3.63, 3.8) is 0 Å².